The van der Waals surface area contributed by atoms with E-state index >= 15 is 0 Å². The normalized spacial score (nSPS) is 25.4. The first-order valence-corrected chi connectivity index (χ1v) is 7.58. The number of likely N-dealkylation sites (tertiary alicyclic amines) is 1. The van der Waals surface area contributed by atoms with Crippen LogP contribution in [-0.4, -0.2) is 60.5 Å². The van der Waals surface area contributed by atoms with E-state index in [2.05, 4.69) is 42.8 Å². The zero-order valence-electron chi connectivity index (χ0n) is 13.0. The van der Waals surface area contributed by atoms with Crippen LogP contribution in [0, 0.1) is 5.41 Å². The average molecular weight is 267 g/mol. The highest BCUT2D eigenvalue weighted by Gasteiger charge is 2.40. The van der Waals surface area contributed by atoms with Gasteiger partial charge in [0, 0.05) is 39.3 Å². The van der Waals surface area contributed by atoms with E-state index in [4.69, 9.17) is 0 Å². The third-order valence-corrected chi connectivity index (χ3v) is 4.62. The van der Waals surface area contributed by atoms with Gasteiger partial charge < -0.3 is 10.2 Å². The molecule has 2 aliphatic heterocycles. The van der Waals surface area contributed by atoms with Gasteiger partial charge in [-0.2, -0.15) is 0 Å². The molecule has 0 aromatic heterocycles. The van der Waals surface area contributed by atoms with E-state index in [1.165, 1.54) is 6.42 Å². The number of nitrogens with zero attached hydrogens (tertiary/aromatic N) is 2. The van der Waals surface area contributed by atoms with Crippen LogP contribution in [0.1, 0.15) is 40.5 Å². The number of amides is 1. The maximum absolute atomic E-state index is 12.9. The maximum Gasteiger partial charge on any atom is 0.242 e. The molecule has 4 nitrogen and oxygen atoms in total. The Morgan fingerprint density at radius 1 is 1.16 bits per heavy atom. The van der Waals surface area contributed by atoms with Crippen molar-refractivity contribution in [1.29, 1.82) is 0 Å². The largest absolute Gasteiger partial charge is 0.341 e. The second-order valence-corrected chi connectivity index (χ2v) is 7.29. The van der Waals surface area contributed by atoms with Crippen LogP contribution >= 0.6 is 0 Å². The summed E-state index contributed by atoms with van der Waals surface area (Å²) in [7, 11) is 0. The predicted molar refractivity (Wildman–Crippen MR) is 78.1 cm³/mol. The van der Waals surface area contributed by atoms with Crippen LogP contribution < -0.4 is 5.32 Å². The first-order chi connectivity index (χ1) is 8.83. The molecule has 0 aromatic rings. The first kappa shape index (κ1) is 14.8. The van der Waals surface area contributed by atoms with Gasteiger partial charge in [0.25, 0.3) is 0 Å². The predicted octanol–water partition coefficient (Wildman–Crippen LogP) is 1.32. The highest BCUT2D eigenvalue weighted by Crippen LogP contribution is 2.30. The van der Waals surface area contributed by atoms with Gasteiger partial charge in [0.05, 0.1) is 5.54 Å². The molecule has 110 valence electrons. The van der Waals surface area contributed by atoms with Crippen molar-refractivity contribution in [2.75, 3.05) is 39.3 Å². The fourth-order valence-electron chi connectivity index (χ4n) is 3.34. The highest BCUT2D eigenvalue weighted by molar-refractivity contribution is 5.85. The van der Waals surface area contributed by atoms with Crippen LogP contribution in [0.15, 0.2) is 0 Å². The topological polar surface area (TPSA) is 35.6 Å². The number of nitrogens with one attached hydrogen (secondary N) is 1. The van der Waals surface area contributed by atoms with Gasteiger partial charge in [-0.1, -0.05) is 13.8 Å². The number of piperazine rings is 1. The Bertz CT molecular complexity index is 332. The number of carbonyl (C=O) groups is 1. The van der Waals surface area contributed by atoms with Crippen molar-refractivity contribution >= 4 is 5.91 Å². The molecule has 0 aromatic carbocycles. The average Bonchev–Trinajstić information content (AvgIpc) is 2.37. The van der Waals surface area contributed by atoms with Gasteiger partial charge in [0.15, 0.2) is 0 Å². The lowest BCUT2D eigenvalue weighted by molar-refractivity contribution is -0.146. The zero-order chi connectivity index (χ0) is 14.1. The van der Waals surface area contributed by atoms with E-state index < -0.39 is 0 Å². The molecule has 2 saturated heterocycles. The highest BCUT2D eigenvalue weighted by atomic mass is 16.2. The summed E-state index contributed by atoms with van der Waals surface area (Å²) in [6.45, 7) is 14.5. The molecule has 0 spiro atoms. The summed E-state index contributed by atoms with van der Waals surface area (Å²) < 4.78 is 0. The van der Waals surface area contributed by atoms with Gasteiger partial charge in [-0.25, -0.2) is 0 Å². The number of carbonyl (C=O) groups excluding carboxylic acids is 1. The van der Waals surface area contributed by atoms with Crippen molar-refractivity contribution in [3.63, 3.8) is 0 Å². The third-order valence-electron chi connectivity index (χ3n) is 4.62. The van der Waals surface area contributed by atoms with Crippen LogP contribution in [0.25, 0.3) is 0 Å². The summed E-state index contributed by atoms with van der Waals surface area (Å²) in [5, 5.41) is 3.35. The van der Waals surface area contributed by atoms with Gasteiger partial charge in [0.2, 0.25) is 5.91 Å². The molecule has 0 bridgehead atoms. The first-order valence-electron chi connectivity index (χ1n) is 7.58. The van der Waals surface area contributed by atoms with Crippen LogP contribution in [0.5, 0.6) is 0 Å². The SMILES string of the molecule is CC1(C)CCCN(C(=O)C(C)(C)N2CCNCC2)C1. The van der Waals surface area contributed by atoms with E-state index in [1.54, 1.807) is 0 Å². The van der Waals surface area contributed by atoms with Crippen LogP contribution in [-0.2, 0) is 4.79 Å². The molecule has 0 radical (unpaired) electrons. The molecule has 0 aliphatic carbocycles. The molecule has 2 rings (SSSR count). The molecule has 19 heavy (non-hydrogen) atoms. The summed E-state index contributed by atoms with van der Waals surface area (Å²) >= 11 is 0. The van der Waals surface area contributed by atoms with Crippen LogP contribution in [0.3, 0.4) is 0 Å². The molecular weight excluding hydrogens is 238 g/mol. The molecule has 2 heterocycles. The second-order valence-electron chi connectivity index (χ2n) is 7.29. The molecule has 0 atom stereocenters. The van der Waals surface area contributed by atoms with E-state index in [1.807, 2.05) is 0 Å². The minimum absolute atomic E-state index is 0.271. The summed E-state index contributed by atoms with van der Waals surface area (Å²) in [6.07, 6.45) is 2.36. The smallest absolute Gasteiger partial charge is 0.242 e. The Balaban J connectivity index is 2.04. The molecule has 1 amide bonds. The monoisotopic (exact) mass is 267 g/mol. The Kier molecular flexibility index (Phi) is 4.21. The van der Waals surface area contributed by atoms with E-state index in [0.29, 0.717) is 5.91 Å². The van der Waals surface area contributed by atoms with Gasteiger partial charge in [-0.15, -0.1) is 0 Å². The van der Waals surface area contributed by atoms with Crippen LogP contribution in [0.4, 0.5) is 0 Å². The number of hydrogen-bond donors (Lipinski definition) is 1. The standard InChI is InChI=1S/C15H29N3O/c1-14(2)6-5-9-17(12-14)13(19)15(3,4)18-10-7-16-8-11-18/h16H,5-12H2,1-4H3. The van der Waals surface area contributed by atoms with Crippen molar-refractivity contribution in [3.8, 4) is 0 Å². The molecule has 1 N–H and O–H groups in total. The molecular formula is C15H29N3O. The minimum atomic E-state index is -0.366. The van der Waals surface area contributed by atoms with Crippen molar-refractivity contribution < 1.29 is 4.79 Å². The van der Waals surface area contributed by atoms with Gasteiger partial charge in [0.1, 0.15) is 0 Å². The fraction of sp³-hybridized carbons (Fsp3) is 0.933. The van der Waals surface area contributed by atoms with Crippen LogP contribution in [0.2, 0.25) is 0 Å². The van der Waals surface area contributed by atoms with E-state index in [9.17, 15) is 4.79 Å². The summed E-state index contributed by atoms with van der Waals surface area (Å²) in [5.41, 5.74) is -0.0943. The fourth-order valence-corrected chi connectivity index (χ4v) is 3.34. The summed E-state index contributed by atoms with van der Waals surface area (Å²) in [6, 6.07) is 0. The Hall–Kier alpha value is -0.610. The van der Waals surface area contributed by atoms with E-state index in [-0.39, 0.29) is 11.0 Å². The van der Waals surface area contributed by atoms with Crippen molar-refractivity contribution in [2.45, 2.75) is 46.1 Å². The number of rotatable bonds is 2. The molecule has 2 aliphatic rings. The van der Waals surface area contributed by atoms with Crippen molar-refractivity contribution in [1.82, 2.24) is 15.1 Å². The Morgan fingerprint density at radius 2 is 1.79 bits per heavy atom. The van der Waals surface area contributed by atoms with Gasteiger partial charge in [-0.3, -0.25) is 9.69 Å². The Labute approximate surface area is 117 Å². The maximum atomic E-state index is 12.9. The third kappa shape index (κ3) is 3.29. The molecule has 4 heteroatoms. The minimum Gasteiger partial charge on any atom is -0.341 e. The number of hydrogen-bond acceptors (Lipinski definition) is 3. The lowest BCUT2D eigenvalue weighted by Gasteiger charge is -2.46. The van der Waals surface area contributed by atoms with Gasteiger partial charge >= 0.3 is 0 Å². The molecule has 0 saturated carbocycles. The zero-order valence-corrected chi connectivity index (χ0v) is 13.0. The molecule has 2 fully saturated rings. The number of piperidine rings is 1. The quantitative estimate of drug-likeness (QED) is 0.819. The summed E-state index contributed by atoms with van der Waals surface area (Å²) in [4.78, 5) is 17.3. The molecule has 0 unspecified atom stereocenters. The van der Waals surface area contributed by atoms with E-state index in [0.717, 1.165) is 45.7 Å². The lowest BCUT2D eigenvalue weighted by Crippen LogP contribution is -2.62. The summed E-state index contributed by atoms with van der Waals surface area (Å²) in [5.74, 6) is 0.308. The van der Waals surface area contributed by atoms with Crippen molar-refractivity contribution in [3.05, 3.63) is 0 Å². The Morgan fingerprint density at radius 3 is 2.37 bits per heavy atom. The lowest BCUT2D eigenvalue weighted by atomic mass is 9.83. The van der Waals surface area contributed by atoms with Gasteiger partial charge in [-0.05, 0) is 32.1 Å². The van der Waals surface area contributed by atoms with Crippen molar-refractivity contribution in [2.24, 2.45) is 5.41 Å². The second kappa shape index (κ2) is 5.41.